The second-order valence-electron chi connectivity index (χ2n) is 6.19. The fraction of sp³-hybridized carbons (Fsp3) is 0.412. The van der Waals surface area contributed by atoms with Crippen molar-refractivity contribution >= 4 is 22.9 Å². The third-order valence-electron chi connectivity index (χ3n) is 4.27. The van der Waals surface area contributed by atoms with E-state index in [1.165, 1.54) is 5.70 Å². The van der Waals surface area contributed by atoms with E-state index in [0.717, 1.165) is 48.4 Å². The quantitative estimate of drug-likeness (QED) is 0.904. The number of aliphatic imine (C=N–C) groups is 1. The van der Waals surface area contributed by atoms with Crippen molar-refractivity contribution < 1.29 is 0 Å². The van der Waals surface area contributed by atoms with Crippen LogP contribution in [0.15, 0.2) is 40.5 Å². The first-order valence-electron chi connectivity index (χ1n) is 8.05. The summed E-state index contributed by atoms with van der Waals surface area (Å²) < 4.78 is 0. The fourth-order valence-corrected chi connectivity index (χ4v) is 3.87. The minimum atomic E-state index is 0.536. The van der Waals surface area contributed by atoms with E-state index in [2.05, 4.69) is 56.8 Å². The number of hydrogen-bond acceptors (Lipinski definition) is 6. The van der Waals surface area contributed by atoms with E-state index in [9.17, 15) is 0 Å². The molecule has 1 N–H and O–H groups in total. The molecule has 3 aliphatic rings. The Morgan fingerprint density at radius 2 is 2.26 bits per heavy atom. The first-order valence-corrected chi connectivity index (χ1v) is 8.93. The van der Waals surface area contributed by atoms with Crippen LogP contribution in [-0.4, -0.2) is 52.8 Å². The van der Waals surface area contributed by atoms with Gasteiger partial charge in [-0.25, -0.2) is 9.98 Å². The van der Waals surface area contributed by atoms with Crippen molar-refractivity contribution in [2.24, 2.45) is 4.99 Å². The van der Waals surface area contributed by atoms with Crippen LogP contribution in [0.5, 0.6) is 0 Å². The van der Waals surface area contributed by atoms with Crippen LogP contribution in [0.2, 0.25) is 0 Å². The molecule has 1 atom stereocenters. The van der Waals surface area contributed by atoms with E-state index in [0.29, 0.717) is 6.04 Å². The molecule has 1 aromatic heterocycles. The highest BCUT2D eigenvalue weighted by Gasteiger charge is 2.22. The van der Waals surface area contributed by atoms with Gasteiger partial charge in [0, 0.05) is 49.5 Å². The molecule has 6 heteroatoms. The van der Waals surface area contributed by atoms with E-state index in [-0.39, 0.29) is 0 Å². The van der Waals surface area contributed by atoms with Crippen LogP contribution in [0.1, 0.15) is 17.6 Å². The average Bonchev–Trinajstić information content (AvgIpc) is 3.00. The summed E-state index contributed by atoms with van der Waals surface area (Å²) in [6.45, 7) is 8.25. The van der Waals surface area contributed by atoms with E-state index >= 15 is 0 Å². The molecular weight excluding hydrogens is 306 g/mol. The molecule has 4 heterocycles. The lowest BCUT2D eigenvalue weighted by Gasteiger charge is -2.37. The summed E-state index contributed by atoms with van der Waals surface area (Å²) in [5.74, 6) is 1.00. The summed E-state index contributed by atoms with van der Waals surface area (Å²) in [6.07, 6.45) is 8.69. The van der Waals surface area contributed by atoms with Gasteiger partial charge in [0.1, 0.15) is 10.8 Å². The van der Waals surface area contributed by atoms with Gasteiger partial charge in [-0.15, -0.1) is 11.3 Å². The van der Waals surface area contributed by atoms with Gasteiger partial charge in [-0.3, -0.25) is 0 Å². The molecule has 0 bridgehead atoms. The van der Waals surface area contributed by atoms with Crippen molar-refractivity contribution in [1.29, 1.82) is 0 Å². The molecule has 0 saturated carbocycles. The minimum Gasteiger partial charge on any atom is -0.368 e. The summed E-state index contributed by atoms with van der Waals surface area (Å²) in [6, 6.07) is 0.536. The zero-order valence-electron chi connectivity index (χ0n) is 13.5. The summed E-state index contributed by atoms with van der Waals surface area (Å²) in [5.41, 5.74) is 3.33. The molecule has 0 spiro atoms. The lowest BCUT2D eigenvalue weighted by atomic mass is 10.1. The molecule has 120 valence electrons. The monoisotopic (exact) mass is 327 g/mol. The smallest absolute Gasteiger partial charge is 0.141 e. The Morgan fingerprint density at radius 1 is 1.35 bits per heavy atom. The van der Waals surface area contributed by atoms with Gasteiger partial charge in [-0.1, -0.05) is 0 Å². The number of allylic oxidation sites excluding steroid dienone is 1. The van der Waals surface area contributed by atoms with Crippen molar-refractivity contribution in [1.82, 2.24) is 20.1 Å². The lowest BCUT2D eigenvalue weighted by Crippen LogP contribution is -2.49. The highest BCUT2D eigenvalue weighted by Crippen LogP contribution is 2.26. The predicted octanol–water partition coefficient (Wildman–Crippen LogP) is 2.21. The van der Waals surface area contributed by atoms with Crippen molar-refractivity contribution in [2.75, 3.05) is 26.2 Å². The van der Waals surface area contributed by atoms with Gasteiger partial charge < -0.3 is 15.1 Å². The van der Waals surface area contributed by atoms with E-state index in [4.69, 9.17) is 4.99 Å². The van der Waals surface area contributed by atoms with Crippen molar-refractivity contribution in [3.05, 3.63) is 46.2 Å². The second kappa shape index (κ2) is 5.94. The number of fused-ring (bicyclic) bond motifs is 1. The number of aromatic nitrogens is 1. The molecule has 0 unspecified atom stereocenters. The van der Waals surface area contributed by atoms with Crippen LogP contribution in [0.3, 0.4) is 0 Å². The molecule has 23 heavy (non-hydrogen) atoms. The molecule has 0 aromatic carbocycles. The number of hydrogen-bond donors (Lipinski definition) is 1. The summed E-state index contributed by atoms with van der Waals surface area (Å²) in [5, 5.41) is 6.57. The van der Waals surface area contributed by atoms with E-state index in [1.807, 2.05) is 6.92 Å². The maximum atomic E-state index is 4.77. The van der Waals surface area contributed by atoms with E-state index < -0.39 is 0 Å². The van der Waals surface area contributed by atoms with Crippen molar-refractivity contribution in [3.63, 3.8) is 0 Å². The number of nitrogens with one attached hydrogen (secondary N) is 1. The minimum absolute atomic E-state index is 0.536. The topological polar surface area (TPSA) is 43.8 Å². The van der Waals surface area contributed by atoms with Gasteiger partial charge in [0.25, 0.3) is 0 Å². The Hall–Kier alpha value is -1.92. The highest BCUT2D eigenvalue weighted by molar-refractivity contribution is 7.10. The van der Waals surface area contributed by atoms with Gasteiger partial charge >= 0.3 is 0 Å². The number of piperazine rings is 1. The summed E-state index contributed by atoms with van der Waals surface area (Å²) >= 11 is 1.66. The third kappa shape index (κ3) is 2.96. The van der Waals surface area contributed by atoms with Crippen LogP contribution in [0.25, 0.3) is 5.70 Å². The average molecular weight is 327 g/mol. The van der Waals surface area contributed by atoms with Gasteiger partial charge in [0.2, 0.25) is 0 Å². The first kappa shape index (κ1) is 14.7. The van der Waals surface area contributed by atoms with Crippen LogP contribution >= 0.6 is 11.3 Å². The number of aryl methyl sites for hydroxylation is 1. The molecule has 5 nitrogen and oxygen atoms in total. The van der Waals surface area contributed by atoms with Crippen molar-refractivity contribution in [2.45, 2.75) is 19.9 Å². The standard InChI is InChI=1S/C17H21N5S/c1-12-9-21(8-6-18-12)14-3-4-16-20-15(5-7-22(16)10-14)17-19-13(2)11-23-17/h3-5,10-12,18H,6-9H2,1-2H3/t12-/m0/s1. The molecule has 0 radical (unpaired) electrons. The Labute approximate surface area is 140 Å². The number of rotatable bonds is 2. The Balaban J connectivity index is 1.52. The van der Waals surface area contributed by atoms with Crippen LogP contribution in [-0.2, 0) is 0 Å². The predicted molar refractivity (Wildman–Crippen MR) is 95.2 cm³/mol. The molecule has 3 aliphatic heterocycles. The van der Waals surface area contributed by atoms with Crippen molar-refractivity contribution in [3.8, 4) is 0 Å². The van der Waals surface area contributed by atoms with Crippen LogP contribution < -0.4 is 5.32 Å². The van der Waals surface area contributed by atoms with Crippen LogP contribution in [0, 0.1) is 6.92 Å². The third-order valence-corrected chi connectivity index (χ3v) is 5.26. The Kier molecular flexibility index (Phi) is 3.79. The Bertz CT molecular complexity index is 727. The van der Waals surface area contributed by atoms with Gasteiger partial charge in [-0.2, -0.15) is 0 Å². The molecule has 1 saturated heterocycles. The van der Waals surface area contributed by atoms with E-state index in [1.54, 1.807) is 11.3 Å². The molecule has 1 aromatic rings. The molecule has 4 rings (SSSR count). The highest BCUT2D eigenvalue weighted by atomic mass is 32.1. The number of nitrogens with zero attached hydrogens (tertiary/aromatic N) is 4. The molecular formula is C17H21N5S. The maximum absolute atomic E-state index is 4.77. The zero-order valence-corrected chi connectivity index (χ0v) is 14.3. The van der Waals surface area contributed by atoms with Gasteiger partial charge in [0.05, 0.1) is 11.4 Å². The van der Waals surface area contributed by atoms with Crippen LogP contribution in [0.4, 0.5) is 0 Å². The second-order valence-corrected chi connectivity index (χ2v) is 7.05. The maximum Gasteiger partial charge on any atom is 0.141 e. The summed E-state index contributed by atoms with van der Waals surface area (Å²) in [4.78, 5) is 14.0. The molecule has 0 aliphatic carbocycles. The fourth-order valence-electron chi connectivity index (χ4n) is 3.09. The number of thiazole rings is 1. The normalized spacial score (nSPS) is 24.1. The summed E-state index contributed by atoms with van der Waals surface area (Å²) in [7, 11) is 0. The SMILES string of the molecule is Cc1csc(C2=CCN3C=C(N4CCN[C@@H](C)C4)C=CC3=N2)n1. The van der Waals surface area contributed by atoms with Gasteiger partial charge in [-0.05, 0) is 32.1 Å². The van der Waals surface area contributed by atoms with Gasteiger partial charge in [0.15, 0.2) is 0 Å². The first-order chi connectivity index (χ1) is 11.2. The zero-order chi connectivity index (χ0) is 15.8. The Morgan fingerprint density at radius 3 is 3.04 bits per heavy atom. The largest absolute Gasteiger partial charge is 0.368 e. The molecule has 0 amide bonds. The number of amidine groups is 1. The molecule has 1 fully saturated rings. The lowest BCUT2D eigenvalue weighted by molar-refractivity contribution is 0.258.